The molecular weight excluding hydrogens is 328 g/mol. The number of phenolic OH excluding ortho intramolecular Hbond substituents is 1. The zero-order valence-corrected chi connectivity index (χ0v) is 14.4. The third kappa shape index (κ3) is 3.05. The van der Waals surface area contributed by atoms with E-state index in [2.05, 4.69) is 10.2 Å². The Balaban J connectivity index is 1.90. The van der Waals surface area contributed by atoms with Gasteiger partial charge in [-0.25, -0.2) is 0 Å². The first kappa shape index (κ1) is 16.6. The number of thiophene rings is 1. The highest BCUT2D eigenvalue weighted by Gasteiger charge is 2.32. The molecule has 24 heavy (non-hydrogen) atoms. The smallest absolute Gasteiger partial charge is 0.242 e. The summed E-state index contributed by atoms with van der Waals surface area (Å²) in [6.07, 6.45) is 0. The minimum Gasteiger partial charge on any atom is -0.504 e. The lowest BCUT2D eigenvalue weighted by molar-refractivity contribution is -0.129. The number of aromatic hydroxyl groups is 1. The van der Waals surface area contributed by atoms with Crippen LogP contribution in [0.15, 0.2) is 29.6 Å². The van der Waals surface area contributed by atoms with Gasteiger partial charge in [-0.2, -0.15) is 0 Å². The van der Waals surface area contributed by atoms with Crippen LogP contribution in [0.2, 0.25) is 0 Å². The topological polar surface area (TPSA) is 71.0 Å². The van der Waals surface area contributed by atoms with Gasteiger partial charge in [0.15, 0.2) is 11.5 Å². The fourth-order valence-electron chi connectivity index (χ4n) is 2.94. The van der Waals surface area contributed by atoms with E-state index < -0.39 is 0 Å². The van der Waals surface area contributed by atoms with E-state index in [9.17, 15) is 9.90 Å². The van der Waals surface area contributed by atoms with Gasteiger partial charge in [0.25, 0.3) is 0 Å². The molecule has 0 radical (unpaired) electrons. The second kappa shape index (κ2) is 7.11. The maximum atomic E-state index is 12.3. The number of phenols is 1. The van der Waals surface area contributed by atoms with Gasteiger partial charge in [0.05, 0.1) is 14.2 Å². The minimum atomic E-state index is -0.341. The Morgan fingerprint density at radius 3 is 2.83 bits per heavy atom. The van der Waals surface area contributed by atoms with Crippen molar-refractivity contribution in [2.75, 3.05) is 27.3 Å². The van der Waals surface area contributed by atoms with Gasteiger partial charge in [0.2, 0.25) is 11.7 Å². The molecule has 2 heterocycles. The first-order valence-electron chi connectivity index (χ1n) is 7.63. The molecule has 1 aliphatic rings. The molecule has 1 aromatic heterocycles. The molecule has 6 nitrogen and oxygen atoms in total. The number of hydrogen-bond acceptors (Lipinski definition) is 6. The van der Waals surface area contributed by atoms with Crippen molar-refractivity contribution in [2.24, 2.45) is 0 Å². The average molecular weight is 348 g/mol. The van der Waals surface area contributed by atoms with Gasteiger partial charge < -0.3 is 19.9 Å². The van der Waals surface area contributed by atoms with E-state index in [1.165, 1.54) is 14.2 Å². The van der Waals surface area contributed by atoms with Crippen molar-refractivity contribution in [3.8, 4) is 17.2 Å². The summed E-state index contributed by atoms with van der Waals surface area (Å²) in [6, 6.07) is 7.12. The number of piperazine rings is 1. The number of rotatable bonds is 5. The number of nitrogens with zero attached hydrogens (tertiary/aromatic N) is 1. The molecule has 0 saturated carbocycles. The number of carbonyl (C=O) groups is 1. The number of carbonyl (C=O) groups excluding carboxylic acids is 1. The molecule has 1 amide bonds. The largest absolute Gasteiger partial charge is 0.504 e. The first-order valence-corrected chi connectivity index (χ1v) is 8.51. The van der Waals surface area contributed by atoms with Gasteiger partial charge >= 0.3 is 0 Å². The Kier molecular flexibility index (Phi) is 4.92. The third-order valence-corrected chi connectivity index (χ3v) is 5.03. The van der Waals surface area contributed by atoms with E-state index in [-0.39, 0.29) is 17.7 Å². The lowest BCUT2D eigenvalue weighted by atomic mass is 10.1. The number of nitrogens with one attached hydrogen (secondary N) is 1. The van der Waals surface area contributed by atoms with Crippen LogP contribution in [-0.2, 0) is 11.3 Å². The van der Waals surface area contributed by atoms with Crippen LogP contribution in [0.1, 0.15) is 16.5 Å². The SMILES string of the molecule is COc1ccc(CN2CCNC(=O)C2c2cccs2)c(O)c1OC. The molecule has 0 spiro atoms. The van der Waals surface area contributed by atoms with Crippen LogP contribution in [0.25, 0.3) is 0 Å². The molecule has 1 atom stereocenters. The van der Waals surface area contributed by atoms with Gasteiger partial charge in [-0.1, -0.05) is 12.1 Å². The van der Waals surface area contributed by atoms with E-state index in [4.69, 9.17) is 9.47 Å². The molecular formula is C17H20N2O4S. The molecule has 3 rings (SSSR count). The highest BCUT2D eigenvalue weighted by Crippen LogP contribution is 2.40. The number of benzene rings is 1. The summed E-state index contributed by atoms with van der Waals surface area (Å²) in [6.45, 7) is 1.75. The Hall–Kier alpha value is -2.25. The Morgan fingerprint density at radius 1 is 1.33 bits per heavy atom. The van der Waals surface area contributed by atoms with Crippen LogP contribution in [-0.4, -0.2) is 43.2 Å². The van der Waals surface area contributed by atoms with Gasteiger partial charge in [0, 0.05) is 30.1 Å². The minimum absolute atomic E-state index is 0.0105. The summed E-state index contributed by atoms with van der Waals surface area (Å²) in [5.74, 6) is 0.825. The van der Waals surface area contributed by atoms with Gasteiger partial charge in [-0.05, 0) is 17.5 Å². The maximum Gasteiger partial charge on any atom is 0.242 e. The standard InChI is InChI=1S/C17H20N2O4S/c1-22-12-6-5-11(15(20)16(12)23-2)10-19-8-7-18-17(21)14(19)13-4-3-9-24-13/h3-6,9,14,20H,7-8,10H2,1-2H3,(H,18,21). The predicted octanol–water partition coefficient (Wildman–Crippen LogP) is 2.14. The monoisotopic (exact) mass is 348 g/mol. The molecule has 0 aliphatic carbocycles. The predicted molar refractivity (Wildman–Crippen MR) is 91.7 cm³/mol. The normalized spacial score (nSPS) is 18.2. The quantitative estimate of drug-likeness (QED) is 0.866. The van der Waals surface area contributed by atoms with Gasteiger partial charge in [0.1, 0.15) is 6.04 Å². The fourth-order valence-corrected chi connectivity index (χ4v) is 3.79. The summed E-state index contributed by atoms with van der Waals surface area (Å²) >= 11 is 1.56. The van der Waals surface area contributed by atoms with Crippen LogP contribution < -0.4 is 14.8 Å². The Bertz CT molecular complexity index is 718. The molecule has 1 aromatic carbocycles. The first-order chi connectivity index (χ1) is 11.7. The molecule has 1 aliphatic heterocycles. The van der Waals surface area contributed by atoms with E-state index in [1.807, 2.05) is 17.5 Å². The molecule has 1 unspecified atom stereocenters. The van der Waals surface area contributed by atoms with Crippen LogP contribution in [0.4, 0.5) is 0 Å². The number of amides is 1. The number of hydrogen-bond donors (Lipinski definition) is 2. The van der Waals surface area contributed by atoms with Crippen LogP contribution >= 0.6 is 11.3 Å². The molecule has 2 N–H and O–H groups in total. The highest BCUT2D eigenvalue weighted by atomic mass is 32.1. The summed E-state index contributed by atoms with van der Waals surface area (Å²) in [5, 5.41) is 15.4. The lowest BCUT2D eigenvalue weighted by Gasteiger charge is -2.34. The highest BCUT2D eigenvalue weighted by molar-refractivity contribution is 7.10. The molecule has 7 heteroatoms. The van der Waals surface area contributed by atoms with Crippen molar-refractivity contribution in [2.45, 2.75) is 12.6 Å². The molecule has 1 fully saturated rings. The summed E-state index contributed by atoms with van der Waals surface area (Å²) < 4.78 is 10.4. The van der Waals surface area contributed by atoms with E-state index >= 15 is 0 Å². The Morgan fingerprint density at radius 2 is 2.17 bits per heavy atom. The van der Waals surface area contributed by atoms with Gasteiger partial charge in [-0.15, -0.1) is 11.3 Å². The zero-order valence-electron chi connectivity index (χ0n) is 13.6. The summed E-state index contributed by atoms with van der Waals surface area (Å²) in [5.41, 5.74) is 0.698. The van der Waals surface area contributed by atoms with Crippen molar-refractivity contribution in [3.05, 3.63) is 40.1 Å². The third-order valence-electron chi connectivity index (χ3n) is 4.10. The lowest BCUT2D eigenvalue weighted by Crippen LogP contribution is -2.49. The van der Waals surface area contributed by atoms with E-state index in [0.717, 1.165) is 4.88 Å². The van der Waals surface area contributed by atoms with Crippen molar-refractivity contribution < 1.29 is 19.4 Å². The fraction of sp³-hybridized carbons (Fsp3) is 0.353. The molecule has 2 aromatic rings. The van der Waals surface area contributed by atoms with Crippen molar-refractivity contribution in [3.63, 3.8) is 0 Å². The van der Waals surface area contributed by atoms with E-state index in [1.54, 1.807) is 23.5 Å². The van der Waals surface area contributed by atoms with Crippen LogP contribution in [0.5, 0.6) is 17.2 Å². The summed E-state index contributed by atoms with van der Waals surface area (Å²) in [4.78, 5) is 15.4. The van der Waals surface area contributed by atoms with Crippen molar-refractivity contribution >= 4 is 17.2 Å². The average Bonchev–Trinajstić information content (AvgIpc) is 3.10. The second-order valence-corrected chi connectivity index (χ2v) is 6.47. The van der Waals surface area contributed by atoms with E-state index in [0.29, 0.717) is 36.7 Å². The van der Waals surface area contributed by atoms with Gasteiger partial charge in [-0.3, -0.25) is 9.69 Å². The zero-order chi connectivity index (χ0) is 17.1. The van der Waals surface area contributed by atoms with Crippen molar-refractivity contribution in [1.29, 1.82) is 0 Å². The van der Waals surface area contributed by atoms with Crippen molar-refractivity contribution in [1.82, 2.24) is 10.2 Å². The molecule has 128 valence electrons. The Labute approximate surface area is 144 Å². The number of ether oxygens (including phenoxy) is 2. The summed E-state index contributed by atoms with van der Waals surface area (Å²) in [7, 11) is 3.02. The molecule has 1 saturated heterocycles. The molecule has 0 bridgehead atoms. The van der Waals surface area contributed by atoms with Crippen LogP contribution in [0, 0.1) is 0 Å². The maximum absolute atomic E-state index is 12.3. The second-order valence-electron chi connectivity index (χ2n) is 5.49. The number of methoxy groups -OCH3 is 2. The van der Waals surface area contributed by atoms with Crippen LogP contribution in [0.3, 0.4) is 0 Å².